The van der Waals surface area contributed by atoms with E-state index in [-0.39, 0.29) is 27.9 Å². The summed E-state index contributed by atoms with van der Waals surface area (Å²) >= 11 is 0. The molecule has 0 saturated carbocycles. The van der Waals surface area contributed by atoms with Crippen molar-refractivity contribution in [2.24, 2.45) is 0 Å². The maximum atomic E-state index is 15.5. The molecule has 0 N–H and O–H groups in total. The normalized spacial score (nSPS) is 31.8. The van der Waals surface area contributed by atoms with Gasteiger partial charge in [0.25, 0.3) is 0 Å². The molecule has 6 rings (SSSR count). The van der Waals surface area contributed by atoms with Crippen LogP contribution in [0.2, 0.25) is 0 Å². The molecule has 4 saturated heterocycles. The molecule has 231 valence electrons. The van der Waals surface area contributed by atoms with Gasteiger partial charge in [-0.25, -0.2) is 0 Å². The third-order valence-electron chi connectivity index (χ3n) is 10.7. The largest absolute Gasteiger partial charge is 0.303 e. The molecule has 2 aromatic rings. The van der Waals surface area contributed by atoms with Gasteiger partial charge in [0, 0.05) is 99.8 Å². The number of rotatable bonds is 4. The van der Waals surface area contributed by atoms with Crippen molar-refractivity contribution in [3.05, 3.63) is 71.8 Å². The van der Waals surface area contributed by atoms with Gasteiger partial charge in [-0.3, -0.25) is 14.6 Å². The molecule has 8 heteroatoms. The summed E-state index contributed by atoms with van der Waals surface area (Å²) in [6, 6.07) is 21.5. The fourth-order valence-corrected chi connectivity index (χ4v) is 8.92. The quantitative estimate of drug-likeness (QED) is 0.522. The number of Topliss-reactive ketones (excluding diaryl/α,β-unsaturated/α-hetero) is 1. The molecule has 4 fully saturated rings. The Morgan fingerprint density at radius 2 is 0.976 bits per heavy atom. The molecule has 4 heterocycles. The van der Waals surface area contributed by atoms with Crippen LogP contribution in [0.3, 0.4) is 0 Å². The van der Waals surface area contributed by atoms with E-state index < -0.39 is 11.0 Å². The standard InChI is InChI=1S/C34H50N6O.Co/c1-31(21-35(3)17-18-36(4)22-31)39-25-33(28-13-9-7-10-14-28)26-40(32(2)23-37(5)19-20-38(6)24-32)34(27-39,30(33)41)29-15-11-8-12-16-29;/h7-16H,17-27H2,1-6H3;. The first-order chi connectivity index (χ1) is 19.5. The fourth-order valence-electron chi connectivity index (χ4n) is 8.92. The molecule has 0 aromatic heterocycles. The summed E-state index contributed by atoms with van der Waals surface area (Å²) in [5.74, 6) is 0.383. The van der Waals surface area contributed by atoms with Crippen LogP contribution in [0.1, 0.15) is 25.0 Å². The molecular weight excluding hydrogens is 567 g/mol. The van der Waals surface area contributed by atoms with Gasteiger partial charge in [-0.2, -0.15) is 0 Å². The average molecular weight is 618 g/mol. The Balaban J connectivity index is 0.00000353. The number of fused-ring (bicyclic) bond motifs is 2. The van der Waals surface area contributed by atoms with Crippen molar-refractivity contribution >= 4 is 5.78 Å². The molecule has 0 amide bonds. The second-order valence-corrected chi connectivity index (χ2v) is 14.4. The van der Waals surface area contributed by atoms with Gasteiger partial charge < -0.3 is 19.6 Å². The zero-order valence-corrected chi connectivity index (χ0v) is 27.5. The molecule has 0 spiro atoms. The summed E-state index contributed by atoms with van der Waals surface area (Å²) in [6.45, 7) is 15.1. The van der Waals surface area contributed by atoms with Crippen LogP contribution in [0.15, 0.2) is 60.7 Å². The zero-order valence-electron chi connectivity index (χ0n) is 26.5. The number of carbonyl (C=O) groups is 1. The molecular formula is C34H50CoN6O. The van der Waals surface area contributed by atoms with Gasteiger partial charge in [-0.1, -0.05) is 60.7 Å². The number of ketones is 1. The third-order valence-corrected chi connectivity index (χ3v) is 10.7. The van der Waals surface area contributed by atoms with Gasteiger partial charge in [-0.05, 0) is 53.2 Å². The van der Waals surface area contributed by atoms with Crippen LogP contribution in [0.5, 0.6) is 0 Å². The van der Waals surface area contributed by atoms with Crippen LogP contribution in [0.25, 0.3) is 0 Å². The average Bonchev–Trinajstić information content (AvgIpc) is 3.10. The van der Waals surface area contributed by atoms with E-state index in [2.05, 4.69) is 132 Å². The van der Waals surface area contributed by atoms with Crippen molar-refractivity contribution in [2.45, 2.75) is 35.9 Å². The monoisotopic (exact) mass is 617 g/mol. The van der Waals surface area contributed by atoms with Crippen molar-refractivity contribution in [3.63, 3.8) is 0 Å². The number of likely N-dealkylation sites (tertiary alicyclic amines) is 2. The van der Waals surface area contributed by atoms with E-state index in [1.54, 1.807) is 0 Å². The Morgan fingerprint density at radius 3 is 1.45 bits per heavy atom. The first kappa shape index (κ1) is 31.8. The first-order valence-corrected chi connectivity index (χ1v) is 15.4. The van der Waals surface area contributed by atoms with Crippen molar-refractivity contribution in [1.29, 1.82) is 0 Å². The molecule has 0 aliphatic carbocycles. The number of benzene rings is 2. The van der Waals surface area contributed by atoms with Crippen LogP contribution >= 0.6 is 0 Å². The van der Waals surface area contributed by atoms with E-state index >= 15 is 4.79 Å². The number of piperidine rings is 1. The maximum Gasteiger partial charge on any atom is 0.172 e. The van der Waals surface area contributed by atoms with Gasteiger partial charge in [0.15, 0.2) is 5.78 Å². The summed E-state index contributed by atoms with van der Waals surface area (Å²) in [5, 5.41) is 0. The van der Waals surface area contributed by atoms with Gasteiger partial charge in [-0.15, -0.1) is 0 Å². The Labute approximate surface area is 264 Å². The van der Waals surface area contributed by atoms with Crippen LogP contribution in [0, 0.1) is 0 Å². The molecule has 7 nitrogen and oxygen atoms in total. The van der Waals surface area contributed by atoms with Crippen LogP contribution < -0.4 is 0 Å². The second-order valence-electron chi connectivity index (χ2n) is 14.4. The van der Waals surface area contributed by atoms with Crippen LogP contribution in [-0.2, 0) is 32.5 Å². The minimum Gasteiger partial charge on any atom is -0.303 e. The fraction of sp³-hybridized carbons (Fsp3) is 0.618. The molecule has 4 aliphatic rings. The Morgan fingerprint density at radius 1 is 0.548 bits per heavy atom. The Bertz CT molecular complexity index is 1220. The molecule has 42 heavy (non-hydrogen) atoms. The summed E-state index contributed by atoms with van der Waals surface area (Å²) in [6.07, 6.45) is 0. The minimum atomic E-state index is -0.734. The molecule has 2 bridgehead atoms. The summed E-state index contributed by atoms with van der Waals surface area (Å²) in [7, 11) is 9.00. The topological polar surface area (TPSA) is 36.5 Å². The number of nitrogens with zero attached hydrogens (tertiary/aromatic N) is 6. The molecule has 2 unspecified atom stereocenters. The smallest absolute Gasteiger partial charge is 0.172 e. The van der Waals surface area contributed by atoms with Crippen molar-refractivity contribution in [3.8, 4) is 0 Å². The van der Waals surface area contributed by atoms with E-state index in [9.17, 15) is 0 Å². The first-order valence-electron chi connectivity index (χ1n) is 15.4. The van der Waals surface area contributed by atoms with Crippen LogP contribution in [-0.4, -0.2) is 146 Å². The third kappa shape index (κ3) is 5.22. The second kappa shape index (κ2) is 11.7. The van der Waals surface area contributed by atoms with E-state index in [1.807, 2.05) is 0 Å². The van der Waals surface area contributed by atoms with E-state index in [1.165, 1.54) is 0 Å². The minimum absolute atomic E-state index is 0. The van der Waals surface area contributed by atoms with E-state index in [4.69, 9.17) is 0 Å². The van der Waals surface area contributed by atoms with Crippen molar-refractivity contribution in [2.75, 3.05) is 100 Å². The van der Waals surface area contributed by atoms with Gasteiger partial charge in [0.1, 0.15) is 5.54 Å². The number of carbonyl (C=O) groups excluding carboxylic acids is 1. The Hall–Kier alpha value is -1.62. The summed E-state index contributed by atoms with van der Waals surface area (Å²) in [4.78, 5) is 30.8. The molecule has 2 aromatic carbocycles. The number of hydrogen-bond acceptors (Lipinski definition) is 7. The number of likely N-dealkylation sites (N-methyl/N-ethyl adjacent to an activating group) is 4. The predicted octanol–water partition coefficient (Wildman–Crippen LogP) is 2.29. The summed E-state index contributed by atoms with van der Waals surface area (Å²) < 4.78 is 0. The molecule has 4 aliphatic heterocycles. The van der Waals surface area contributed by atoms with E-state index in [0.29, 0.717) is 12.3 Å². The molecule has 1 radical (unpaired) electrons. The van der Waals surface area contributed by atoms with Gasteiger partial charge in [0.2, 0.25) is 0 Å². The van der Waals surface area contributed by atoms with Crippen molar-refractivity contribution in [1.82, 2.24) is 29.4 Å². The van der Waals surface area contributed by atoms with Gasteiger partial charge in [0.05, 0.1) is 5.41 Å². The zero-order chi connectivity index (χ0) is 29.0. The van der Waals surface area contributed by atoms with Crippen molar-refractivity contribution < 1.29 is 21.6 Å². The van der Waals surface area contributed by atoms with Crippen LogP contribution in [0.4, 0.5) is 0 Å². The maximum absolute atomic E-state index is 15.5. The summed E-state index contributed by atoms with van der Waals surface area (Å²) in [5.41, 5.74) is 0.680. The number of hydrogen-bond donors (Lipinski definition) is 0. The SMILES string of the molecule is CN1CCN(C)CC(C)(N2CC3(c4ccccc4)CN(C4(C)CN(C)CCN(C)C4)C(c4ccccc4)(C2)C3=O)C1.[Co]. The Kier molecular flexibility index (Phi) is 8.86. The predicted molar refractivity (Wildman–Crippen MR) is 166 cm³/mol. The van der Waals surface area contributed by atoms with Gasteiger partial charge >= 0.3 is 0 Å². The van der Waals surface area contributed by atoms with E-state index in [0.717, 1.165) is 76.6 Å². The molecule has 2 atom stereocenters.